The maximum Gasteiger partial charge on any atom is 0.433 e. The molecule has 0 aliphatic heterocycles. The highest BCUT2D eigenvalue weighted by Crippen LogP contribution is 2.13. The van der Waals surface area contributed by atoms with E-state index in [2.05, 4.69) is 36.1 Å². The average Bonchev–Trinajstić information content (AvgIpc) is 3.04. The van der Waals surface area contributed by atoms with E-state index in [0.717, 1.165) is 6.21 Å². The summed E-state index contributed by atoms with van der Waals surface area (Å²) in [5.41, 5.74) is 2.22. The number of hydrogen-bond donors (Lipinski definition) is 3. The number of nitro groups is 1. The largest absolute Gasteiger partial charge is 0.433 e. The molecule has 0 spiro atoms. The maximum absolute atomic E-state index is 12.1. The van der Waals surface area contributed by atoms with Gasteiger partial charge >= 0.3 is 11.8 Å². The summed E-state index contributed by atoms with van der Waals surface area (Å²) < 4.78 is 4.87. The molecule has 0 saturated heterocycles. The number of carbonyl (C=O) groups excluding carboxylic acids is 1. The Morgan fingerprint density at radius 3 is 2.40 bits per heavy atom. The first-order chi connectivity index (χ1) is 12.0. The summed E-state index contributed by atoms with van der Waals surface area (Å²) in [5.74, 6) is -0.601. The van der Waals surface area contributed by atoms with Gasteiger partial charge in [-0.05, 0) is 19.9 Å². The second-order valence-electron chi connectivity index (χ2n) is 4.50. The molecule has 0 radical (unpaired) electrons. The lowest BCUT2D eigenvalue weighted by atomic mass is 10.5. The van der Waals surface area contributed by atoms with Gasteiger partial charge < -0.3 is 15.1 Å². The third kappa shape index (κ3) is 4.95. The van der Waals surface area contributed by atoms with Crippen molar-refractivity contribution in [3.05, 3.63) is 33.8 Å². The lowest BCUT2D eigenvalue weighted by molar-refractivity contribution is -0.402. The minimum absolute atomic E-state index is 0.115. The van der Waals surface area contributed by atoms with Gasteiger partial charge in [-0.2, -0.15) is 20.1 Å². The van der Waals surface area contributed by atoms with Gasteiger partial charge in [-0.15, -0.1) is 0 Å². The predicted octanol–water partition coefficient (Wildman–Crippen LogP) is 1.00. The van der Waals surface area contributed by atoms with Gasteiger partial charge in [0.1, 0.15) is 4.92 Å². The van der Waals surface area contributed by atoms with Gasteiger partial charge in [0.05, 0.1) is 12.3 Å². The van der Waals surface area contributed by atoms with Crippen molar-refractivity contribution >= 4 is 29.9 Å². The van der Waals surface area contributed by atoms with Crippen LogP contribution in [0.5, 0.6) is 0 Å². The molecule has 0 aromatic carbocycles. The lowest BCUT2D eigenvalue weighted by Crippen LogP contribution is -2.22. The van der Waals surface area contributed by atoms with Crippen molar-refractivity contribution in [2.24, 2.45) is 5.10 Å². The zero-order valence-corrected chi connectivity index (χ0v) is 13.5. The summed E-state index contributed by atoms with van der Waals surface area (Å²) in [6, 6.07) is 2.53. The zero-order chi connectivity index (χ0) is 18.2. The zero-order valence-electron chi connectivity index (χ0n) is 13.5. The number of hydrazone groups is 1. The van der Waals surface area contributed by atoms with Crippen molar-refractivity contribution in [3.63, 3.8) is 0 Å². The Labute approximate surface area is 141 Å². The molecule has 0 aliphatic carbocycles. The van der Waals surface area contributed by atoms with Crippen LogP contribution >= 0.6 is 0 Å². The van der Waals surface area contributed by atoms with Gasteiger partial charge in [-0.1, -0.05) is 0 Å². The average molecular weight is 348 g/mol. The molecule has 0 bridgehead atoms. The number of carbonyl (C=O) groups is 1. The summed E-state index contributed by atoms with van der Waals surface area (Å²) in [5, 5.41) is 20.0. The molecule has 0 saturated carbocycles. The van der Waals surface area contributed by atoms with Crippen molar-refractivity contribution in [2.75, 3.05) is 23.7 Å². The summed E-state index contributed by atoms with van der Waals surface area (Å²) in [4.78, 5) is 34.0. The van der Waals surface area contributed by atoms with Gasteiger partial charge in [-0.25, -0.2) is 5.43 Å². The predicted molar refractivity (Wildman–Crippen MR) is 88.6 cm³/mol. The van der Waals surface area contributed by atoms with Crippen molar-refractivity contribution < 1.29 is 14.1 Å². The fraction of sp³-hybridized carbons (Fsp3) is 0.308. The Hall–Kier alpha value is -3.57. The minimum atomic E-state index is -0.675. The smallest absolute Gasteiger partial charge is 0.400 e. The number of rotatable bonds is 8. The van der Waals surface area contributed by atoms with E-state index in [-0.39, 0.29) is 23.5 Å². The minimum Gasteiger partial charge on any atom is -0.400 e. The summed E-state index contributed by atoms with van der Waals surface area (Å²) >= 11 is 0. The van der Waals surface area contributed by atoms with E-state index in [0.29, 0.717) is 13.1 Å². The molecule has 0 atom stereocenters. The van der Waals surface area contributed by atoms with Crippen molar-refractivity contribution in [1.82, 2.24) is 20.4 Å². The summed E-state index contributed by atoms with van der Waals surface area (Å²) in [6.07, 6.45) is 1.13. The number of anilines is 2. The number of nitrogens with zero attached hydrogens (tertiary/aromatic N) is 5. The van der Waals surface area contributed by atoms with Crippen LogP contribution in [-0.4, -0.2) is 45.1 Å². The van der Waals surface area contributed by atoms with Gasteiger partial charge in [0.2, 0.25) is 17.7 Å². The molecule has 0 aliphatic rings. The van der Waals surface area contributed by atoms with Crippen LogP contribution in [0.3, 0.4) is 0 Å². The van der Waals surface area contributed by atoms with Crippen molar-refractivity contribution in [3.8, 4) is 0 Å². The van der Waals surface area contributed by atoms with Gasteiger partial charge in [0.25, 0.3) is 0 Å². The Morgan fingerprint density at radius 2 is 1.88 bits per heavy atom. The van der Waals surface area contributed by atoms with Crippen LogP contribution in [0.25, 0.3) is 0 Å². The van der Waals surface area contributed by atoms with Crippen LogP contribution in [-0.2, 0) is 0 Å². The molecule has 2 aromatic heterocycles. The van der Waals surface area contributed by atoms with Crippen LogP contribution in [0.1, 0.15) is 30.2 Å². The summed E-state index contributed by atoms with van der Waals surface area (Å²) in [6.45, 7) is 4.88. The molecule has 12 nitrogen and oxygen atoms in total. The molecule has 2 rings (SSSR count). The van der Waals surface area contributed by atoms with Crippen LogP contribution in [0.15, 0.2) is 21.7 Å². The number of hydrogen-bond acceptors (Lipinski definition) is 10. The van der Waals surface area contributed by atoms with E-state index in [9.17, 15) is 14.9 Å². The Bertz CT molecular complexity index is 764. The number of aromatic nitrogens is 3. The highest BCUT2D eigenvalue weighted by atomic mass is 16.6. The number of amides is 1. The molecule has 132 valence electrons. The lowest BCUT2D eigenvalue weighted by Gasteiger charge is -2.07. The first-order valence-electron chi connectivity index (χ1n) is 7.35. The molecular weight excluding hydrogens is 332 g/mol. The second-order valence-corrected chi connectivity index (χ2v) is 4.50. The first-order valence-corrected chi connectivity index (χ1v) is 7.35. The molecule has 1 amide bonds. The molecule has 12 heteroatoms. The second kappa shape index (κ2) is 8.33. The third-order valence-corrected chi connectivity index (χ3v) is 2.66. The fourth-order valence-corrected chi connectivity index (χ4v) is 1.67. The number of furan rings is 1. The van der Waals surface area contributed by atoms with Crippen LogP contribution in [0.2, 0.25) is 0 Å². The van der Waals surface area contributed by atoms with Gasteiger partial charge in [-0.3, -0.25) is 14.9 Å². The molecule has 0 unspecified atom stereocenters. The van der Waals surface area contributed by atoms with Crippen molar-refractivity contribution in [2.45, 2.75) is 13.8 Å². The van der Waals surface area contributed by atoms with Crippen LogP contribution in [0, 0.1) is 10.1 Å². The number of nitrogens with one attached hydrogen (secondary N) is 3. The fourth-order valence-electron chi connectivity index (χ4n) is 1.67. The monoisotopic (exact) mass is 348 g/mol. The Morgan fingerprint density at radius 1 is 1.24 bits per heavy atom. The van der Waals surface area contributed by atoms with E-state index in [1.807, 2.05) is 13.8 Å². The van der Waals surface area contributed by atoms with Crippen molar-refractivity contribution in [1.29, 1.82) is 0 Å². The molecule has 0 fully saturated rings. The Kier molecular flexibility index (Phi) is 5.92. The highest BCUT2D eigenvalue weighted by Gasteiger charge is 2.13. The van der Waals surface area contributed by atoms with Crippen LogP contribution in [0.4, 0.5) is 17.8 Å². The van der Waals surface area contributed by atoms with E-state index < -0.39 is 16.7 Å². The van der Waals surface area contributed by atoms with E-state index in [4.69, 9.17) is 4.42 Å². The third-order valence-electron chi connectivity index (χ3n) is 2.66. The van der Waals surface area contributed by atoms with E-state index >= 15 is 0 Å². The SMILES string of the molecule is CCNc1nc(NCC)nc(C(=O)N/N=C\c2ccc([N+](=O)[O-])o2)n1. The molecule has 2 aromatic rings. The molecular formula is C13H16N8O4. The molecule has 2 heterocycles. The van der Waals surface area contributed by atoms with E-state index in [1.165, 1.54) is 12.1 Å². The van der Waals surface area contributed by atoms with Gasteiger partial charge in [0.15, 0.2) is 5.76 Å². The normalized spacial score (nSPS) is 10.6. The molecule has 25 heavy (non-hydrogen) atoms. The van der Waals surface area contributed by atoms with Crippen LogP contribution < -0.4 is 16.1 Å². The van der Waals surface area contributed by atoms with Gasteiger partial charge in [0, 0.05) is 13.1 Å². The summed E-state index contributed by atoms with van der Waals surface area (Å²) in [7, 11) is 0. The molecule has 3 N–H and O–H groups in total. The van der Waals surface area contributed by atoms with E-state index in [1.54, 1.807) is 0 Å². The highest BCUT2D eigenvalue weighted by molar-refractivity contribution is 5.91. The topological polar surface area (TPSA) is 160 Å². The quantitative estimate of drug-likeness (QED) is 0.359. The first kappa shape index (κ1) is 17.8. The maximum atomic E-state index is 12.1. The Balaban J connectivity index is 2.08. The standard InChI is InChI=1S/C13H16N8O4/c1-3-14-12-17-10(18-13(19-12)15-4-2)11(22)20-16-7-8-5-6-9(25-8)21(23)24/h5-7H,3-4H2,1-2H3,(H,20,22)(H2,14,15,17,18,19)/b16-7-.